The number of nitrogens with zero attached hydrogens (tertiary/aromatic N) is 1. The van der Waals surface area contributed by atoms with Crippen LogP contribution >= 0.6 is 0 Å². The molecule has 1 aromatic carbocycles. The van der Waals surface area contributed by atoms with Crippen molar-refractivity contribution in [3.63, 3.8) is 0 Å². The van der Waals surface area contributed by atoms with Crippen molar-refractivity contribution < 1.29 is 48.3 Å². The third-order valence-electron chi connectivity index (χ3n) is 12.3. The van der Waals surface area contributed by atoms with Crippen molar-refractivity contribution in [2.24, 2.45) is 57.5 Å². The number of amides is 8. The molecule has 17 N–H and O–H groups in total. The lowest BCUT2D eigenvalue weighted by molar-refractivity contribution is -0.143. The zero-order valence-electron chi connectivity index (χ0n) is 46.0. The largest absolute Gasteiger partial charge is 0.480 e. The summed E-state index contributed by atoms with van der Waals surface area (Å²) in [6, 6.07) is -0.555. The molecule has 0 aliphatic heterocycles. The minimum absolute atomic E-state index is 0.0275. The Morgan fingerprint density at radius 1 is 0.520 bits per heavy atom. The molecule has 75 heavy (non-hydrogen) atoms. The van der Waals surface area contributed by atoms with E-state index in [1.807, 2.05) is 48.5 Å². The molecule has 0 saturated carbocycles. The molecule has 0 unspecified atom stereocenters. The van der Waals surface area contributed by atoms with Gasteiger partial charge in [0.15, 0.2) is 5.96 Å². The Morgan fingerprint density at radius 2 is 0.933 bits per heavy atom. The molecule has 8 amide bonds. The van der Waals surface area contributed by atoms with Crippen LogP contribution in [0.2, 0.25) is 0 Å². The molecule has 23 heteroatoms. The van der Waals surface area contributed by atoms with Crippen LogP contribution in [-0.4, -0.2) is 132 Å². The molecule has 0 aliphatic carbocycles. The van der Waals surface area contributed by atoms with Crippen molar-refractivity contribution >= 4 is 59.2 Å². The van der Waals surface area contributed by atoms with Gasteiger partial charge in [-0.15, -0.1) is 0 Å². The highest BCUT2D eigenvalue weighted by molar-refractivity contribution is 5.98. The number of benzene rings is 1. The van der Waals surface area contributed by atoms with Crippen molar-refractivity contribution in [2.45, 2.75) is 182 Å². The topological polar surface area (TPSA) is 387 Å². The maximum Gasteiger partial charge on any atom is 0.326 e. The number of rotatable bonds is 36. The number of guanidine groups is 1. The standard InChI is InChI=1S/C52H91N13O10/c1-11-33(10)43(65-45(68)36(21-17-23-57-52(55)56)60-49(72)40(58-41(66)28-54)27-34-18-13-12-14-19-34)50(73)63-39(26-31(6)7)48(71)62-38(25-30(4)5)47(70)61-37(24-29(2)3)46(69)59-35(20-15-16-22-53)44(67)64-42(32(8)9)51(74)75/h12-14,18-19,29-33,35-40,42-43H,11,15-17,20-28,53-54H2,1-10H3,(H,58,66)(H,59,69)(H,60,72)(H,61,70)(H,62,71)(H,63,73)(H,64,67)(H,65,68)(H,74,75)(H4,55,56,57)/t33-,35-,36-,37-,38-,39-,40-,42-,43-/m0/s1. The predicted molar refractivity (Wildman–Crippen MR) is 288 cm³/mol. The van der Waals surface area contributed by atoms with Crippen molar-refractivity contribution in [3.8, 4) is 0 Å². The average molecular weight is 1060 g/mol. The summed E-state index contributed by atoms with van der Waals surface area (Å²) in [5.74, 6) is -8.21. The maximum atomic E-state index is 14.4. The molecule has 9 atom stereocenters. The molecule has 0 fully saturated rings. The lowest BCUT2D eigenvalue weighted by atomic mass is 9.95. The monoisotopic (exact) mass is 1060 g/mol. The summed E-state index contributed by atoms with van der Waals surface area (Å²) in [5.41, 5.74) is 23.0. The van der Waals surface area contributed by atoms with Gasteiger partial charge in [-0.05, 0) is 93.1 Å². The number of aliphatic imine (C=N–C) groups is 1. The molecule has 0 aromatic heterocycles. The van der Waals surface area contributed by atoms with Gasteiger partial charge < -0.3 is 70.6 Å². The van der Waals surface area contributed by atoms with Gasteiger partial charge >= 0.3 is 5.97 Å². The zero-order chi connectivity index (χ0) is 56.9. The third kappa shape index (κ3) is 26.1. The lowest BCUT2D eigenvalue weighted by Gasteiger charge is -2.30. The van der Waals surface area contributed by atoms with Gasteiger partial charge in [-0.2, -0.15) is 0 Å². The van der Waals surface area contributed by atoms with Crippen LogP contribution in [0, 0.1) is 29.6 Å². The van der Waals surface area contributed by atoms with E-state index in [4.69, 9.17) is 22.9 Å². The molecule has 0 heterocycles. The van der Waals surface area contributed by atoms with E-state index in [-0.39, 0.29) is 81.7 Å². The van der Waals surface area contributed by atoms with E-state index in [1.165, 1.54) is 0 Å². The second-order valence-corrected chi connectivity index (χ2v) is 20.9. The van der Waals surface area contributed by atoms with Crippen molar-refractivity contribution in [2.75, 3.05) is 19.6 Å². The number of carboxylic acid groups (broad SMARTS) is 1. The number of nitrogens with one attached hydrogen (secondary N) is 8. The zero-order valence-corrected chi connectivity index (χ0v) is 46.0. The Labute approximate surface area is 443 Å². The molecular formula is C52H91N13O10. The smallest absolute Gasteiger partial charge is 0.326 e. The molecule has 0 radical (unpaired) electrons. The minimum Gasteiger partial charge on any atom is -0.480 e. The second kappa shape index (κ2) is 35.0. The van der Waals surface area contributed by atoms with E-state index in [1.54, 1.807) is 51.1 Å². The Kier molecular flexibility index (Phi) is 31.1. The van der Waals surface area contributed by atoms with E-state index in [0.717, 1.165) is 5.56 Å². The quantitative estimate of drug-likeness (QED) is 0.0242. The summed E-state index contributed by atoms with van der Waals surface area (Å²) in [5, 5.41) is 31.5. The molecule has 0 spiro atoms. The molecule has 1 rings (SSSR count). The molecule has 424 valence electrons. The number of aliphatic carboxylic acids is 1. The molecule has 23 nitrogen and oxygen atoms in total. The van der Waals surface area contributed by atoms with Crippen LogP contribution in [0.3, 0.4) is 0 Å². The molecular weight excluding hydrogens is 967 g/mol. The van der Waals surface area contributed by atoms with Crippen LogP contribution in [-0.2, 0) is 49.6 Å². The van der Waals surface area contributed by atoms with Gasteiger partial charge in [0.1, 0.15) is 48.3 Å². The first kappa shape index (κ1) is 66.7. The van der Waals surface area contributed by atoms with E-state index in [9.17, 15) is 48.3 Å². The summed E-state index contributed by atoms with van der Waals surface area (Å²) >= 11 is 0. The van der Waals surface area contributed by atoms with Crippen molar-refractivity contribution in [1.29, 1.82) is 0 Å². The summed E-state index contributed by atoms with van der Waals surface area (Å²) in [4.78, 5) is 127. The fraction of sp³-hybridized carbons (Fsp3) is 0.692. The van der Waals surface area contributed by atoms with Gasteiger partial charge in [0.25, 0.3) is 0 Å². The number of carbonyl (C=O) groups is 9. The number of nitrogens with two attached hydrogens (primary N) is 4. The third-order valence-corrected chi connectivity index (χ3v) is 12.3. The van der Waals surface area contributed by atoms with Crippen LogP contribution in [0.4, 0.5) is 0 Å². The van der Waals surface area contributed by atoms with Crippen LogP contribution in [0.1, 0.15) is 133 Å². The van der Waals surface area contributed by atoms with Gasteiger partial charge in [-0.1, -0.05) is 106 Å². The summed E-state index contributed by atoms with van der Waals surface area (Å²) in [6.45, 7) is 18.0. The number of hydrogen-bond donors (Lipinski definition) is 13. The fourth-order valence-electron chi connectivity index (χ4n) is 8.03. The normalized spacial score (nSPS) is 14.9. The van der Waals surface area contributed by atoms with E-state index >= 15 is 0 Å². The first-order valence-corrected chi connectivity index (χ1v) is 26.4. The van der Waals surface area contributed by atoms with Gasteiger partial charge in [0.05, 0.1) is 6.54 Å². The van der Waals surface area contributed by atoms with Gasteiger partial charge in [0.2, 0.25) is 47.3 Å². The molecule has 0 aliphatic rings. The highest BCUT2D eigenvalue weighted by Gasteiger charge is 2.37. The lowest BCUT2D eigenvalue weighted by Crippen LogP contribution is -2.61. The van der Waals surface area contributed by atoms with Gasteiger partial charge in [0, 0.05) is 13.0 Å². The first-order chi connectivity index (χ1) is 35.2. The summed E-state index contributed by atoms with van der Waals surface area (Å²) in [6.07, 6.45) is 2.31. The first-order valence-electron chi connectivity index (χ1n) is 26.4. The Bertz CT molecular complexity index is 2020. The van der Waals surface area contributed by atoms with Crippen LogP contribution in [0.25, 0.3) is 0 Å². The van der Waals surface area contributed by atoms with Crippen LogP contribution < -0.4 is 65.5 Å². The molecule has 0 bridgehead atoms. The van der Waals surface area contributed by atoms with Crippen molar-refractivity contribution in [3.05, 3.63) is 35.9 Å². The van der Waals surface area contributed by atoms with Gasteiger partial charge in [-0.3, -0.25) is 43.3 Å². The Morgan fingerprint density at radius 3 is 1.33 bits per heavy atom. The minimum atomic E-state index is -1.24. The fourth-order valence-corrected chi connectivity index (χ4v) is 8.03. The second-order valence-electron chi connectivity index (χ2n) is 20.9. The highest BCUT2D eigenvalue weighted by atomic mass is 16.4. The van der Waals surface area contributed by atoms with E-state index < -0.39 is 113 Å². The molecule has 1 aromatic rings. The number of unbranched alkanes of at least 4 members (excludes halogenated alkanes) is 1. The SMILES string of the molecule is CC[C@H](C)[C@H](NC(=O)[C@H](CCCN=C(N)N)NC(=O)[C@H](Cc1ccccc1)NC(=O)CN)C(=O)N[C@@H](CC(C)C)C(=O)N[C@@H](CC(C)C)C(=O)N[C@@H](CC(C)C)C(=O)N[C@@H](CCCCN)C(=O)N[C@H](C(=O)O)C(C)C. The van der Waals surface area contributed by atoms with Crippen LogP contribution in [0.5, 0.6) is 0 Å². The highest BCUT2D eigenvalue weighted by Crippen LogP contribution is 2.16. The van der Waals surface area contributed by atoms with E-state index in [2.05, 4.69) is 47.5 Å². The predicted octanol–water partition coefficient (Wildman–Crippen LogP) is 0.174. The Hall–Kier alpha value is -6.36. The maximum absolute atomic E-state index is 14.4. The number of carbonyl (C=O) groups excluding carboxylic acids is 8. The van der Waals surface area contributed by atoms with Crippen LogP contribution in [0.15, 0.2) is 35.3 Å². The Balaban J connectivity index is 3.53. The molecule has 0 saturated heterocycles. The van der Waals surface area contributed by atoms with E-state index in [0.29, 0.717) is 25.8 Å². The summed E-state index contributed by atoms with van der Waals surface area (Å²) < 4.78 is 0. The van der Waals surface area contributed by atoms with Crippen molar-refractivity contribution in [1.82, 2.24) is 42.5 Å². The summed E-state index contributed by atoms with van der Waals surface area (Å²) in [7, 11) is 0. The number of hydrogen-bond acceptors (Lipinski definition) is 12. The number of carboxylic acids is 1. The van der Waals surface area contributed by atoms with Gasteiger partial charge in [-0.25, -0.2) is 4.79 Å². The average Bonchev–Trinajstić information content (AvgIpc) is 3.33.